The number of benzene rings is 2. The third-order valence-electron chi connectivity index (χ3n) is 6.05. The van der Waals surface area contributed by atoms with Gasteiger partial charge in [0.25, 0.3) is 5.91 Å². The maximum atomic E-state index is 13.9. The summed E-state index contributed by atoms with van der Waals surface area (Å²) in [6, 6.07) is 12.6. The molecule has 1 atom stereocenters. The van der Waals surface area contributed by atoms with Crippen LogP contribution in [0.2, 0.25) is 0 Å². The lowest BCUT2D eigenvalue weighted by molar-refractivity contribution is -0.113. The highest BCUT2D eigenvalue weighted by atomic mass is 32.2. The molecule has 0 saturated carbocycles. The zero-order valence-electron chi connectivity index (χ0n) is 22.5. The van der Waals surface area contributed by atoms with Crippen LogP contribution in [0.1, 0.15) is 52.1 Å². The Labute approximate surface area is 228 Å². The van der Waals surface area contributed by atoms with Crippen LogP contribution in [0.4, 0.5) is 11.6 Å². The molecule has 0 bridgehead atoms. The molecule has 4 rings (SSSR count). The van der Waals surface area contributed by atoms with Crippen LogP contribution < -0.4 is 24.8 Å². The van der Waals surface area contributed by atoms with Crippen LogP contribution in [0, 0.1) is 0 Å². The van der Waals surface area contributed by atoms with Gasteiger partial charge in [0.2, 0.25) is 11.1 Å². The average Bonchev–Trinajstić information content (AvgIpc) is 3.31. The van der Waals surface area contributed by atoms with E-state index >= 15 is 0 Å². The van der Waals surface area contributed by atoms with E-state index in [0.29, 0.717) is 58.5 Å². The Hall–Kier alpha value is -3.66. The van der Waals surface area contributed by atoms with Crippen molar-refractivity contribution in [2.75, 3.05) is 36.7 Å². The van der Waals surface area contributed by atoms with E-state index in [4.69, 9.17) is 24.3 Å². The molecule has 0 spiro atoms. The molecule has 202 valence electrons. The zero-order valence-corrected chi connectivity index (χ0v) is 23.4. The topological polar surface area (TPSA) is 99.5 Å². The summed E-state index contributed by atoms with van der Waals surface area (Å²) in [5.74, 6) is 3.09. The first-order valence-corrected chi connectivity index (χ1v) is 13.9. The Bertz CT molecular complexity index is 1310. The number of para-hydroxylation sites is 2. The van der Waals surface area contributed by atoms with Crippen molar-refractivity contribution in [3.05, 3.63) is 59.3 Å². The van der Waals surface area contributed by atoms with Gasteiger partial charge in [0.15, 0.2) is 11.5 Å². The Morgan fingerprint density at radius 3 is 2.58 bits per heavy atom. The van der Waals surface area contributed by atoms with Gasteiger partial charge < -0.3 is 24.8 Å². The van der Waals surface area contributed by atoms with Crippen molar-refractivity contribution in [1.82, 2.24) is 14.8 Å². The van der Waals surface area contributed by atoms with Crippen LogP contribution in [0.3, 0.4) is 0 Å². The molecule has 0 saturated heterocycles. The Balaban J connectivity index is 1.77. The number of carbonyl (C=O) groups is 1. The number of methoxy groups -OCH3 is 1. The second-order valence-electron chi connectivity index (χ2n) is 8.66. The lowest BCUT2D eigenvalue weighted by Gasteiger charge is -2.29. The molecule has 0 aliphatic carbocycles. The summed E-state index contributed by atoms with van der Waals surface area (Å²) in [5, 5.41) is 11.8. The first-order valence-electron chi connectivity index (χ1n) is 12.9. The number of carbonyl (C=O) groups excluding carboxylic acids is 1. The number of aromatic nitrogens is 3. The van der Waals surface area contributed by atoms with Crippen molar-refractivity contribution in [3.63, 3.8) is 0 Å². The number of rotatable bonds is 12. The highest BCUT2D eigenvalue weighted by molar-refractivity contribution is 7.99. The summed E-state index contributed by atoms with van der Waals surface area (Å²) in [5.41, 5.74) is 2.64. The van der Waals surface area contributed by atoms with Crippen LogP contribution in [0.5, 0.6) is 17.2 Å². The zero-order chi connectivity index (χ0) is 27.1. The predicted molar refractivity (Wildman–Crippen MR) is 151 cm³/mol. The Kier molecular flexibility index (Phi) is 9.17. The van der Waals surface area contributed by atoms with Gasteiger partial charge in [0, 0.05) is 11.4 Å². The Morgan fingerprint density at radius 2 is 1.84 bits per heavy atom. The van der Waals surface area contributed by atoms with Gasteiger partial charge in [0.05, 0.1) is 31.6 Å². The first-order chi connectivity index (χ1) is 18.5. The van der Waals surface area contributed by atoms with Crippen LogP contribution >= 0.6 is 11.8 Å². The van der Waals surface area contributed by atoms with E-state index in [1.807, 2.05) is 63.2 Å². The summed E-state index contributed by atoms with van der Waals surface area (Å²) in [4.78, 5) is 18.6. The summed E-state index contributed by atoms with van der Waals surface area (Å²) in [7, 11) is 1.60. The molecule has 1 aliphatic heterocycles. The number of ether oxygens (including phenoxy) is 3. The Morgan fingerprint density at radius 1 is 1.08 bits per heavy atom. The number of hydrogen-bond acceptors (Lipinski definition) is 8. The monoisotopic (exact) mass is 537 g/mol. The van der Waals surface area contributed by atoms with Gasteiger partial charge in [-0.15, -0.1) is 5.10 Å². The van der Waals surface area contributed by atoms with Gasteiger partial charge in [-0.1, -0.05) is 43.3 Å². The molecule has 2 heterocycles. The largest absolute Gasteiger partial charge is 0.493 e. The fourth-order valence-electron chi connectivity index (χ4n) is 4.27. The van der Waals surface area contributed by atoms with Gasteiger partial charge in [-0.3, -0.25) is 4.79 Å². The van der Waals surface area contributed by atoms with E-state index in [-0.39, 0.29) is 5.91 Å². The molecular formula is C28H35N5O4S. The number of hydrogen-bond donors (Lipinski definition) is 2. The summed E-state index contributed by atoms with van der Waals surface area (Å²) < 4.78 is 18.9. The molecule has 2 N–H and O–H groups in total. The summed E-state index contributed by atoms with van der Waals surface area (Å²) in [6.07, 6.45) is 2.17. The normalized spacial score (nSPS) is 14.5. The molecule has 1 unspecified atom stereocenters. The van der Waals surface area contributed by atoms with E-state index in [2.05, 4.69) is 17.6 Å². The van der Waals surface area contributed by atoms with Crippen molar-refractivity contribution >= 4 is 29.3 Å². The first kappa shape index (κ1) is 27.4. The molecule has 2 aromatic carbocycles. The van der Waals surface area contributed by atoms with Gasteiger partial charge in [-0.2, -0.15) is 4.98 Å². The maximum Gasteiger partial charge on any atom is 0.255 e. The van der Waals surface area contributed by atoms with Crippen molar-refractivity contribution in [2.24, 2.45) is 0 Å². The van der Waals surface area contributed by atoms with Gasteiger partial charge >= 0.3 is 0 Å². The number of unbranched alkanes of at least 4 members (excludes halogenated alkanes) is 1. The molecule has 0 radical (unpaired) electrons. The van der Waals surface area contributed by atoms with Crippen molar-refractivity contribution in [2.45, 2.75) is 51.7 Å². The molecule has 1 amide bonds. The average molecular weight is 538 g/mol. The molecule has 38 heavy (non-hydrogen) atoms. The summed E-state index contributed by atoms with van der Waals surface area (Å²) >= 11 is 1.61. The third kappa shape index (κ3) is 5.91. The lowest BCUT2D eigenvalue weighted by Crippen LogP contribution is -2.31. The number of anilines is 2. The number of amides is 1. The molecule has 10 heteroatoms. The van der Waals surface area contributed by atoms with Crippen molar-refractivity contribution in [3.8, 4) is 17.2 Å². The molecule has 1 aliphatic rings. The summed E-state index contributed by atoms with van der Waals surface area (Å²) in [6.45, 7) is 8.88. The number of nitrogens with zero attached hydrogens (tertiary/aromatic N) is 3. The van der Waals surface area contributed by atoms with E-state index in [1.54, 1.807) is 23.6 Å². The number of fused-ring (bicyclic) bond motifs is 1. The minimum Gasteiger partial charge on any atom is -0.493 e. The third-order valence-corrected chi connectivity index (χ3v) is 6.97. The number of nitrogens with one attached hydrogen (secondary N) is 2. The van der Waals surface area contributed by atoms with Gasteiger partial charge in [-0.25, -0.2) is 4.68 Å². The highest BCUT2D eigenvalue weighted by Gasteiger charge is 2.35. The van der Waals surface area contributed by atoms with Gasteiger partial charge in [-0.05, 0) is 57.0 Å². The van der Waals surface area contributed by atoms with E-state index in [0.717, 1.165) is 24.2 Å². The second kappa shape index (κ2) is 12.7. The van der Waals surface area contributed by atoms with Crippen molar-refractivity contribution < 1.29 is 19.0 Å². The number of allylic oxidation sites excluding steroid dienone is 1. The maximum absolute atomic E-state index is 13.9. The quantitative estimate of drug-likeness (QED) is 0.218. The standard InChI is InChI=1S/C28H35N5O4S/c1-6-9-16-38-28-31-27-29-18(4)24(26(34)30-20-12-10-11-13-21(20)36-7-2)25(33(27)32-28)19-14-15-22(37-8-3)23(17-19)35-5/h10-15,17,25H,6-9,16H2,1-5H3,(H,30,34)(H,29,31,32). The fraction of sp³-hybridized carbons (Fsp3) is 0.393. The van der Waals surface area contributed by atoms with E-state index in [1.165, 1.54) is 0 Å². The van der Waals surface area contributed by atoms with Crippen LogP contribution in [-0.4, -0.2) is 46.7 Å². The molecule has 0 fully saturated rings. The van der Waals surface area contributed by atoms with Gasteiger partial charge in [0.1, 0.15) is 11.8 Å². The number of thioether (sulfide) groups is 1. The SMILES string of the molecule is CCCCSc1nc2n(n1)C(c1ccc(OCC)c(OC)c1)C(C(=O)Nc1ccccc1OCC)=C(C)N2. The van der Waals surface area contributed by atoms with Crippen LogP contribution in [0.25, 0.3) is 0 Å². The molecular weight excluding hydrogens is 502 g/mol. The van der Waals surface area contributed by atoms with E-state index < -0.39 is 6.04 Å². The van der Waals surface area contributed by atoms with Crippen LogP contribution in [0.15, 0.2) is 58.9 Å². The van der Waals surface area contributed by atoms with Crippen LogP contribution in [-0.2, 0) is 4.79 Å². The van der Waals surface area contributed by atoms with E-state index in [9.17, 15) is 4.79 Å². The lowest BCUT2D eigenvalue weighted by atomic mass is 9.94. The second-order valence-corrected chi connectivity index (χ2v) is 9.72. The van der Waals surface area contributed by atoms with Crippen molar-refractivity contribution in [1.29, 1.82) is 0 Å². The minimum atomic E-state index is -0.539. The fourth-order valence-corrected chi connectivity index (χ4v) is 5.18. The molecule has 3 aromatic rings. The molecule has 9 nitrogen and oxygen atoms in total. The smallest absolute Gasteiger partial charge is 0.255 e. The minimum absolute atomic E-state index is 0.263. The highest BCUT2D eigenvalue weighted by Crippen LogP contribution is 2.40. The predicted octanol–water partition coefficient (Wildman–Crippen LogP) is 5.90. The molecule has 1 aromatic heterocycles.